The topological polar surface area (TPSA) is 15.3 Å². The molecule has 0 aromatic heterocycles. The predicted molar refractivity (Wildman–Crippen MR) is 72.1 cm³/mol. The average Bonchev–Trinajstić information content (AvgIpc) is 2.97. The fraction of sp³-hybridized carbons (Fsp3) is 1.00. The van der Waals surface area contributed by atoms with Crippen LogP contribution in [-0.2, 0) is 0 Å². The lowest BCUT2D eigenvalue weighted by Gasteiger charge is -2.40. The van der Waals surface area contributed by atoms with Gasteiger partial charge >= 0.3 is 0 Å². The number of rotatable bonds is 2. The Bertz CT molecular complexity index is 260. The smallest absolute Gasteiger partial charge is 0.00698 e. The molecule has 2 nitrogen and oxygen atoms in total. The third-order valence-corrected chi connectivity index (χ3v) is 5.77. The summed E-state index contributed by atoms with van der Waals surface area (Å²) in [4.78, 5) is 2.81. The fourth-order valence-electron chi connectivity index (χ4n) is 4.32. The van der Waals surface area contributed by atoms with Crippen LogP contribution in [-0.4, -0.2) is 36.6 Å². The van der Waals surface area contributed by atoms with Gasteiger partial charge in [-0.3, -0.25) is 4.90 Å². The number of hydrogen-bond acceptors (Lipinski definition) is 2. The highest BCUT2D eigenvalue weighted by atomic mass is 15.2. The molecule has 98 valence electrons. The highest BCUT2D eigenvalue weighted by molar-refractivity contribution is 5.06. The molecule has 0 aromatic carbocycles. The highest BCUT2D eigenvalue weighted by Crippen LogP contribution is 2.59. The molecule has 0 bridgehead atoms. The molecule has 1 spiro atoms. The maximum absolute atomic E-state index is 3.51. The minimum absolute atomic E-state index is 0.766. The van der Waals surface area contributed by atoms with E-state index in [0.29, 0.717) is 0 Å². The van der Waals surface area contributed by atoms with Gasteiger partial charge in [0, 0.05) is 18.6 Å². The van der Waals surface area contributed by atoms with Crippen LogP contribution >= 0.6 is 0 Å². The minimum Gasteiger partial charge on any atom is -0.317 e. The van der Waals surface area contributed by atoms with E-state index in [1.807, 2.05) is 0 Å². The second-order valence-electron chi connectivity index (χ2n) is 6.84. The quantitative estimate of drug-likeness (QED) is 0.793. The van der Waals surface area contributed by atoms with Gasteiger partial charge in [-0.25, -0.2) is 0 Å². The van der Waals surface area contributed by atoms with Crippen LogP contribution in [0.15, 0.2) is 0 Å². The second-order valence-corrected chi connectivity index (χ2v) is 6.84. The molecule has 2 saturated heterocycles. The lowest BCUT2D eigenvalue weighted by molar-refractivity contribution is 0.0900. The van der Waals surface area contributed by atoms with Crippen molar-refractivity contribution in [1.82, 2.24) is 10.2 Å². The molecule has 2 heteroatoms. The maximum Gasteiger partial charge on any atom is 0.00698 e. The van der Waals surface area contributed by atoms with E-state index in [9.17, 15) is 0 Å². The normalized spacial score (nSPS) is 41.6. The largest absolute Gasteiger partial charge is 0.317 e. The average molecular weight is 236 g/mol. The van der Waals surface area contributed by atoms with Crippen molar-refractivity contribution in [2.24, 2.45) is 11.3 Å². The standard InChI is InChI=1S/C15H28N2/c1-12-4-3-5-13(2)17(12)11-14-10-15(14)6-8-16-9-7-15/h12-14,16H,3-11H2,1-2H3/t12-,13+,14?. The molecule has 1 saturated carbocycles. The van der Waals surface area contributed by atoms with Crippen molar-refractivity contribution in [1.29, 1.82) is 0 Å². The van der Waals surface area contributed by atoms with Crippen LogP contribution in [0.5, 0.6) is 0 Å². The van der Waals surface area contributed by atoms with Gasteiger partial charge in [-0.15, -0.1) is 0 Å². The highest BCUT2D eigenvalue weighted by Gasteiger charge is 2.54. The summed E-state index contributed by atoms with van der Waals surface area (Å²) in [6.45, 7) is 8.80. The van der Waals surface area contributed by atoms with Gasteiger partial charge in [0.15, 0.2) is 0 Å². The Morgan fingerprint density at radius 3 is 2.41 bits per heavy atom. The number of likely N-dealkylation sites (tertiary alicyclic amines) is 1. The van der Waals surface area contributed by atoms with Gasteiger partial charge in [-0.1, -0.05) is 6.42 Å². The molecule has 1 N–H and O–H groups in total. The van der Waals surface area contributed by atoms with E-state index in [-0.39, 0.29) is 0 Å². The Balaban J connectivity index is 1.57. The SMILES string of the molecule is C[C@@H]1CCC[C@H](C)N1CC1CC12CCNCC2. The van der Waals surface area contributed by atoms with Crippen molar-refractivity contribution in [3.8, 4) is 0 Å². The summed E-state index contributed by atoms with van der Waals surface area (Å²) in [6, 6.07) is 1.66. The molecular weight excluding hydrogens is 208 g/mol. The molecule has 3 fully saturated rings. The van der Waals surface area contributed by atoms with E-state index < -0.39 is 0 Å². The number of piperidine rings is 2. The Labute approximate surface area is 106 Å². The summed E-state index contributed by atoms with van der Waals surface area (Å²) < 4.78 is 0. The predicted octanol–water partition coefficient (Wildman–Crippen LogP) is 2.64. The van der Waals surface area contributed by atoms with Crippen LogP contribution in [0, 0.1) is 11.3 Å². The first-order valence-electron chi connectivity index (χ1n) is 7.68. The first-order valence-corrected chi connectivity index (χ1v) is 7.68. The van der Waals surface area contributed by atoms with E-state index in [2.05, 4.69) is 24.1 Å². The summed E-state index contributed by atoms with van der Waals surface area (Å²) >= 11 is 0. The summed E-state index contributed by atoms with van der Waals surface area (Å²) in [5.41, 5.74) is 0.766. The zero-order chi connectivity index (χ0) is 11.9. The molecule has 3 atom stereocenters. The third kappa shape index (κ3) is 2.26. The Hall–Kier alpha value is -0.0800. The van der Waals surface area contributed by atoms with E-state index in [1.165, 1.54) is 58.2 Å². The molecule has 1 aliphatic carbocycles. The van der Waals surface area contributed by atoms with Gasteiger partial charge in [0.05, 0.1) is 0 Å². The monoisotopic (exact) mass is 236 g/mol. The number of hydrogen-bond donors (Lipinski definition) is 1. The van der Waals surface area contributed by atoms with Crippen LogP contribution in [0.2, 0.25) is 0 Å². The van der Waals surface area contributed by atoms with Gasteiger partial charge in [-0.05, 0) is 70.4 Å². The zero-order valence-corrected chi connectivity index (χ0v) is 11.5. The second kappa shape index (κ2) is 4.55. The van der Waals surface area contributed by atoms with E-state index in [0.717, 1.165) is 23.4 Å². The molecule has 0 aromatic rings. The van der Waals surface area contributed by atoms with Crippen molar-refractivity contribution in [3.05, 3.63) is 0 Å². The zero-order valence-electron chi connectivity index (χ0n) is 11.5. The fourth-order valence-corrected chi connectivity index (χ4v) is 4.32. The van der Waals surface area contributed by atoms with Gasteiger partial charge in [0.1, 0.15) is 0 Å². The van der Waals surface area contributed by atoms with Crippen LogP contribution in [0.25, 0.3) is 0 Å². The minimum atomic E-state index is 0.766. The maximum atomic E-state index is 3.51. The van der Waals surface area contributed by atoms with Crippen molar-refractivity contribution in [3.63, 3.8) is 0 Å². The molecule has 2 heterocycles. The molecule has 3 rings (SSSR count). The van der Waals surface area contributed by atoms with Crippen molar-refractivity contribution < 1.29 is 0 Å². The lowest BCUT2D eigenvalue weighted by atomic mass is 9.90. The summed E-state index contributed by atoms with van der Waals surface area (Å²) in [7, 11) is 0. The Morgan fingerprint density at radius 1 is 1.12 bits per heavy atom. The van der Waals surface area contributed by atoms with Gasteiger partial charge < -0.3 is 5.32 Å². The Kier molecular flexibility index (Phi) is 3.20. The van der Waals surface area contributed by atoms with Crippen LogP contribution in [0.1, 0.15) is 52.4 Å². The summed E-state index contributed by atoms with van der Waals surface area (Å²) in [6.07, 6.45) is 8.68. The van der Waals surface area contributed by atoms with Crippen molar-refractivity contribution in [2.75, 3.05) is 19.6 Å². The molecule has 1 unspecified atom stereocenters. The number of nitrogens with one attached hydrogen (secondary N) is 1. The Morgan fingerprint density at radius 2 is 1.76 bits per heavy atom. The van der Waals surface area contributed by atoms with Gasteiger partial charge in [0.25, 0.3) is 0 Å². The summed E-state index contributed by atoms with van der Waals surface area (Å²) in [5, 5.41) is 3.51. The van der Waals surface area contributed by atoms with E-state index >= 15 is 0 Å². The van der Waals surface area contributed by atoms with Gasteiger partial charge in [-0.2, -0.15) is 0 Å². The molecule has 3 aliphatic rings. The lowest BCUT2D eigenvalue weighted by Crippen LogP contribution is -2.45. The van der Waals surface area contributed by atoms with Crippen molar-refractivity contribution in [2.45, 2.75) is 64.5 Å². The first-order chi connectivity index (χ1) is 8.21. The third-order valence-electron chi connectivity index (χ3n) is 5.77. The molecule has 0 radical (unpaired) electrons. The van der Waals surface area contributed by atoms with Crippen molar-refractivity contribution >= 4 is 0 Å². The molecule has 2 aliphatic heterocycles. The number of nitrogens with zero attached hydrogens (tertiary/aromatic N) is 1. The van der Waals surface area contributed by atoms with Crippen LogP contribution in [0.3, 0.4) is 0 Å². The van der Waals surface area contributed by atoms with Crippen LogP contribution < -0.4 is 5.32 Å². The van der Waals surface area contributed by atoms with E-state index in [4.69, 9.17) is 0 Å². The van der Waals surface area contributed by atoms with E-state index in [1.54, 1.807) is 0 Å². The molecular formula is C15H28N2. The summed E-state index contributed by atoms with van der Waals surface area (Å²) in [5.74, 6) is 1.02. The van der Waals surface area contributed by atoms with Crippen LogP contribution in [0.4, 0.5) is 0 Å². The molecule has 17 heavy (non-hydrogen) atoms. The molecule has 0 amide bonds. The first kappa shape index (κ1) is 12.0. The van der Waals surface area contributed by atoms with Gasteiger partial charge in [0.2, 0.25) is 0 Å².